The van der Waals surface area contributed by atoms with E-state index < -0.39 is 0 Å². The van der Waals surface area contributed by atoms with Crippen LogP contribution in [0.15, 0.2) is 6.07 Å². The lowest BCUT2D eigenvalue weighted by Crippen LogP contribution is -2.42. The predicted molar refractivity (Wildman–Crippen MR) is 70.0 cm³/mol. The maximum absolute atomic E-state index is 5.76. The molecular formula is C12H21N5O. The number of hydrogen-bond acceptors (Lipinski definition) is 6. The molecule has 1 atom stereocenters. The minimum Gasteiger partial charge on any atom is -0.368 e. The molecule has 1 aromatic heterocycles. The summed E-state index contributed by atoms with van der Waals surface area (Å²) in [5.74, 6) is 6.73. The molecule has 1 fully saturated rings. The van der Waals surface area contributed by atoms with E-state index in [4.69, 9.17) is 10.6 Å². The fraction of sp³-hybridized carbons (Fsp3) is 0.667. The Labute approximate surface area is 108 Å². The summed E-state index contributed by atoms with van der Waals surface area (Å²) in [6, 6.07) is 2.32. The summed E-state index contributed by atoms with van der Waals surface area (Å²) in [6.45, 7) is 8.80. The summed E-state index contributed by atoms with van der Waals surface area (Å²) in [4.78, 5) is 11.2. The molecule has 18 heavy (non-hydrogen) atoms. The molecule has 0 bridgehead atoms. The van der Waals surface area contributed by atoms with E-state index in [-0.39, 0.29) is 6.10 Å². The first-order chi connectivity index (χ1) is 8.60. The number of nitrogens with one attached hydrogen (secondary N) is 1. The number of nitrogen functional groups attached to an aromatic ring is 1. The first kappa shape index (κ1) is 13.2. The van der Waals surface area contributed by atoms with Crippen molar-refractivity contribution in [2.45, 2.75) is 32.9 Å². The molecule has 6 nitrogen and oxygen atoms in total. The Bertz CT molecular complexity index is 409. The van der Waals surface area contributed by atoms with Gasteiger partial charge in [0.1, 0.15) is 11.9 Å². The predicted octanol–water partition coefficient (Wildman–Crippen LogP) is 0.852. The number of aryl methyl sites for hydroxylation is 1. The van der Waals surface area contributed by atoms with Crippen LogP contribution in [-0.4, -0.2) is 40.6 Å². The second-order valence-electron chi connectivity index (χ2n) is 4.85. The minimum absolute atomic E-state index is 0.0758. The lowest BCUT2D eigenvalue weighted by molar-refractivity contribution is -0.0442. The van der Waals surface area contributed by atoms with Crippen molar-refractivity contribution in [3.8, 4) is 0 Å². The number of rotatable bonds is 3. The SMILES string of the molecule is Cc1cc(NN)nc(C2CN(C(C)C)CCO2)n1. The smallest absolute Gasteiger partial charge is 0.161 e. The zero-order valence-electron chi connectivity index (χ0n) is 11.2. The first-order valence-electron chi connectivity index (χ1n) is 6.28. The highest BCUT2D eigenvalue weighted by atomic mass is 16.5. The van der Waals surface area contributed by atoms with E-state index in [0.717, 1.165) is 18.8 Å². The van der Waals surface area contributed by atoms with Crippen LogP contribution < -0.4 is 11.3 Å². The van der Waals surface area contributed by atoms with Gasteiger partial charge in [0.2, 0.25) is 0 Å². The van der Waals surface area contributed by atoms with Crippen molar-refractivity contribution in [1.82, 2.24) is 14.9 Å². The Hall–Kier alpha value is -1.24. The molecule has 1 aromatic rings. The van der Waals surface area contributed by atoms with Crippen molar-refractivity contribution in [3.05, 3.63) is 17.6 Å². The van der Waals surface area contributed by atoms with E-state index in [0.29, 0.717) is 24.3 Å². The summed E-state index contributed by atoms with van der Waals surface area (Å²) < 4.78 is 5.76. The number of ether oxygens (including phenoxy) is 1. The van der Waals surface area contributed by atoms with E-state index in [9.17, 15) is 0 Å². The molecule has 0 radical (unpaired) electrons. The van der Waals surface area contributed by atoms with Crippen LogP contribution in [-0.2, 0) is 4.74 Å². The molecule has 1 aliphatic heterocycles. The van der Waals surface area contributed by atoms with Crippen molar-refractivity contribution in [2.24, 2.45) is 5.84 Å². The molecule has 3 N–H and O–H groups in total. The third-order valence-electron chi connectivity index (χ3n) is 3.14. The third kappa shape index (κ3) is 2.95. The second-order valence-corrected chi connectivity index (χ2v) is 4.85. The molecule has 0 saturated carbocycles. The van der Waals surface area contributed by atoms with Crippen LogP contribution >= 0.6 is 0 Å². The fourth-order valence-corrected chi connectivity index (χ4v) is 2.10. The topological polar surface area (TPSA) is 76.3 Å². The molecule has 0 aliphatic carbocycles. The number of hydrogen-bond donors (Lipinski definition) is 2. The van der Waals surface area contributed by atoms with Crippen LogP contribution in [0, 0.1) is 6.92 Å². The monoisotopic (exact) mass is 251 g/mol. The van der Waals surface area contributed by atoms with E-state index in [1.807, 2.05) is 13.0 Å². The lowest BCUT2D eigenvalue weighted by Gasteiger charge is -2.34. The summed E-state index contributed by atoms with van der Waals surface area (Å²) in [6.07, 6.45) is -0.0758. The number of anilines is 1. The maximum Gasteiger partial charge on any atom is 0.161 e. The summed E-state index contributed by atoms with van der Waals surface area (Å²) >= 11 is 0. The quantitative estimate of drug-likeness (QED) is 0.613. The van der Waals surface area contributed by atoms with Gasteiger partial charge in [-0.25, -0.2) is 15.8 Å². The average molecular weight is 251 g/mol. The highest BCUT2D eigenvalue weighted by molar-refractivity contribution is 5.34. The number of nitrogens with zero attached hydrogens (tertiary/aromatic N) is 3. The van der Waals surface area contributed by atoms with E-state index in [1.54, 1.807) is 0 Å². The Morgan fingerprint density at radius 2 is 2.28 bits per heavy atom. The van der Waals surface area contributed by atoms with Gasteiger partial charge in [-0.15, -0.1) is 0 Å². The molecule has 1 unspecified atom stereocenters. The van der Waals surface area contributed by atoms with E-state index >= 15 is 0 Å². The molecule has 1 aliphatic rings. The summed E-state index contributed by atoms with van der Waals surface area (Å²) in [5, 5.41) is 0. The Morgan fingerprint density at radius 1 is 1.50 bits per heavy atom. The molecule has 2 rings (SSSR count). The molecule has 1 saturated heterocycles. The van der Waals surface area contributed by atoms with Crippen LogP contribution in [0.2, 0.25) is 0 Å². The van der Waals surface area contributed by atoms with Crippen molar-refractivity contribution < 1.29 is 4.74 Å². The summed E-state index contributed by atoms with van der Waals surface area (Å²) in [7, 11) is 0. The van der Waals surface area contributed by atoms with Gasteiger partial charge < -0.3 is 10.2 Å². The molecule has 2 heterocycles. The molecule has 6 heteroatoms. The first-order valence-corrected chi connectivity index (χ1v) is 6.28. The van der Waals surface area contributed by atoms with E-state index in [1.165, 1.54) is 0 Å². The van der Waals surface area contributed by atoms with Gasteiger partial charge in [0.05, 0.1) is 6.61 Å². The summed E-state index contributed by atoms with van der Waals surface area (Å²) in [5.41, 5.74) is 3.45. The molecular weight excluding hydrogens is 230 g/mol. The normalized spacial score (nSPS) is 21.3. The van der Waals surface area contributed by atoms with Crippen molar-refractivity contribution in [1.29, 1.82) is 0 Å². The fourth-order valence-electron chi connectivity index (χ4n) is 2.10. The van der Waals surface area contributed by atoms with Gasteiger partial charge in [0.15, 0.2) is 5.82 Å². The van der Waals surface area contributed by atoms with Gasteiger partial charge in [-0.3, -0.25) is 4.90 Å². The zero-order valence-corrected chi connectivity index (χ0v) is 11.2. The van der Waals surface area contributed by atoms with Gasteiger partial charge in [0, 0.05) is 30.9 Å². The van der Waals surface area contributed by atoms with Crippen LogP contribution in [0.25, 0.3) is 0 Å². The van der Waals surface area contributed by atoms with Gasteiger partial charge in [-0.05, 0) is 20.8 Å². The van der Waals surface area contributed by atoms with Gasteiger partial charge >= 0.3 is 0 Å². The van der Waals surface area contributed by atoms with Crippen molar-refractivity contribution in [2.75, 3.05) is 25.1 Å². The number of nitrogens with two attached hydrogens (primary N) is 1. The minimum atomic E-state index is -0.0758. The highest BCUT2D eigenvalue weighted by Crippen LogP contribution is 2.21. The lowest BCUT2D eigenvalue weighted by atomic mass is 10.2. The van der Waals surface area contributed by atoms with E-state index in [2.05, 4.69) is 34.1 Å². The van der Waals surface area contributed by atoms with Crippen LogP contribution in [0.1, 0.15) is 31.5 Å². The molecule has 0 amide bonds. The number of morpholine rings is 1. The Morgan fingerprint density at radius 3 is 2.94 bits per heavy atom. The highest BCUT2D eigenvalue weighted by Gasteiger charge is 2.25. The largest absolute Gasteiger partial charge is 0.368 e. The van der Waals surface area contributed by atoms with Crippen LogP contribution in [0.3, 0.4) is 0 Å². The molecule has 100 valence electrons. The number of aromatic nitrogens is 2. The second kappa shape index (κ2) is 5.60. The Kier molecular flexibility index (Phi) is 4.11. The molecule has 0 spiro atoms. The van der Waals surface area contributed by atoms with Crippen molar-refractivity contribution >= 4 is 5.82 Å². The van der Waals surface area contributed by atoms with Gasteiger partial charge in [0.25, 0.3) is 0 Å². The Balaban J connectivity index is 2.17. The maximum atomic E-state index is 5.76. The average Bonchev–Trinajstić information content (AvgIpc) is 2.38. The molecule has 0 aromatic carbocycles. The number of hydrazine groups is 1. The van der Waals surface area contributed by atoms with Crippen LogP contribution in [0.4, 0.5) is 5.82 Å². The van der Waals surface area contributed by atoms with Gasteiger partial charge in [-0.1, -0.05) is 0 Å². The van der Waals surface area contributed by atoms with Gasteiger partial charge in [-0.2, -0.15) is 0 Å². The zero-order chi connectivity index (χ0) is 13.1. The van der Waals surface area contributed by atoms with Crippen molar-refractivity contribution in [3.63, 3.8) is 0 Å². The van der Waals surface area contributed by atoms with Crippen LogP contribution in [0.5, 0.6) is 0 Å². The third-order valence-corrected chi connectivity index (χ3v) is 3.14. The standard InChI is InChI=1S/C12H21N5O/c1-8(2)17-4-5-18-10(7-17)12-14-9(3)6-11(15-12)16-13/h6,8,10H,4-5,7,13H2,1-3H3,(H,14,15,16).